The van der Waals surface area contributed by atoms with Gasteiger partial charge in [0.2, 0.25) is 15.9 Å². The minimum absolute atomic E-state index is 0.0452. The summed E-state index contributed by atoms with van der Waals surface area (Å²) in [5.41, 5.74) is 2.21. The predicted molar refractivity (Wildman–Crippen MR) is 90.8 cm³/mol. The Labute approximate surface area is 141 Å². The molecule has 0 aliphatic rings. The molecule has 2 rings (SSSR count). The van der Waals surface area contributed by atoms with Gasteiger partial charge in [-0.1, -0.05) is 12.1 Å². The summed E-state index contributed by atoms with van der Waals surface area (Å²) in [7, 11) is -3.66. The van der Waals surface area contributed by atoms with E-state index in [4.69, 9.17) is 0 Å². The first-order valence-electron chi connectivity index (χ1n) is 7.40. The van der Waals surface area contributed by atoms with Crippen molar-refractivity contribution in [1.29, 1.82) is 0 Å². The third-order valence-corrected chi connectivity index (χ3v) is 5.00. The second-order valence-corrected chi connectivity index (χ2v) is 7.22. The van der Waals surface area contributed by atoms with Crippen LogP contribution in [0.1, 0.15) is 17.5 Å². The Bertz CT molecular complexity index is 851. The summed E-state index contributed by atoms with van der Waals surface area (Å²) in [6.45, 7) is 3.69. The number of nitrogens with one attached hydrogen (secondary N) is 2. The van der Waals surface area contributed by atoms with Gasteiger partial charge >= 0.3 is 0 Å². The zero-order chi connectivity index (χ0) is 17.7. The van der Waals surface area contributed by atoms with Crippen LogP contribution >= 0.6 is 0 Å². The monoisotopic (exact) mass is 350 g/mol. The van der Waals surface area contributed by atoms with Crippen LogP contribution in [0.5, 0.6) is 0 Å². The van der Waals surface area contributed by atoms with Crippen LogP contribution in [0.25, 0.3) is 0 Å². The Morgan fingerprint density at radius 1 is 1.08 bits per heavy atom. The van der Waals surface area contributed by atoms with Crippen molar-refractivity contribution in [2.24, 2.45) is 0 Å². The number of benzene rings is 2. The Morgan fingerprint density at radius 3 is 2.50 bits per heavy atom. The van der Waals surface area contributed by atoms with Crippen molar-refractivity contribution in [3.63, 3.8) is 0 Å². The van der Waals surface area contributed by atoms with Gasteiger partial charge in [0.25, 0.3) is 0 Å². The Hall–Kier alpha value is -2.25. The fourth-order valence-electron chi connectivity index (χ4n) is 2.05. The molecule has 0 aliphatic heterocycles. The van der Waals surface area contributed by atoms with Crippen molar-refractivity contribution in [2.75, 3.05) is 11.9 Å². The minimum atomic E-state index is -3.66. The molecule has 7 heteroatoms. The molecule has 0 heterocycles. The van der Waals surface area contributed by atoms with Crippen molar-refractivity contribution < 1.29 is 17.6 Å². The van der Waals surface area contributed by atoms with Crippen LogP contribution in [0.15, 0.2) is 47.4 Å². The number of amides is 1. The lowest BCUT2D eigenvalue weighted by Crippen LogP contribution is -2.28. The van der Waals surface area contributed by atoms with E-state index in [-0.39, 0.29) is 17.9 Å². The van der Waals surface area contributed by atoms with Crippen molar-refractivity contribution in [3.8, 4) is 0 Å². The highest BCUT2D eigenvalue weighted by Crippen LogP contribution is 2.14. The number of aryl methyl sites for hydroxylation is 2. The molecule has 0 atom stereocenters. The minimum Gasteiger partial charge on any atom is -0.326 e. The quantitative estimate of drug-likeness (QED) is 0.841. The third kappa shape index (κ3) is 4.87. The van der Waals surface area contributed by atoms with E-state index < -0.39 is 21.7 Å². The lowest BCUT2D eigenvalue weighted by atomic mass is 10.1. The van der Waals surface area contributed by atoms with Crippen molar-refractivity contribution in [3.05, 3.63) is 59.4 Å². The molecule has 2 aromatic carbocycles. The van der Waals surface area contributed by atoms with Crippen LogP contribution in [0.3, 0.4) is 0 Å². The highest BCUT2D eigenvalue weighted by molar-refractivity contribution is 7.89. The van der Waals surface area contributed by atoms with E-state index in [1.807, 2.05) is 13.8 Å². The number of halogens is 1. The van der Waals surface area contributed by atoms with E-state index in [2.05, 4.69) is 10.0 Å². The number of sulfonamides is 1. The molecule has 0 saturated carbocycles. The SMILES string of the molecule is Cc1ccc(S(=O)(=O)NCCC(=O)Nc2cccc(F)c2)cc1C. The van der Waals surface area contributed by atoms with Gasteiger partial charge in [-0.05, 0) is 55.3 Å². The lowest BCUT2D eigenvalue weighted by molar-refractivity contribution is -0.116. The molecule has 0 saturated heterocycles. The number of hydrogen-bond acceptors (Lipinski definition) is 3. The molecule has 0 aromatic heterocycles. The standard InChI is InChI=1S/C17H19FN2O3S/c1-12-6-7-16(10-13(12)2)24(22,23)19-9-8-17(21)20-15-5-3-4-14(18)11-15/h3-7,10-11,19H,8-9H2,1-2H3,(H,20,21). The van der Waals surface area contributed by atoms with Crippen LogP contribution < -0.4 is 10.0 Å². The summed E-state index contributed by atoms with van der Waals surface area (Å²) in [6, 6.07) is 10.3. The Balaban J connectivity index is 1.90. The van der Waals surface area contributed by atoms with E-state index in [1.165, 1.54) is 24.3 Å². The molecule has 0 bridgehead atoms. The molecule has 5 nitrogen and oxygen atoms in total. The third-order valence-electron chi connectivity index (χ3n) is 3.54. The summed E-state index contributed by atoms with van der Waals surface area (Å²) in [4.78, 5) is 11.9. The van der Waals surface area contributed by atoms with Gasteiger partial charge in [0.15, 0.2) is 0 Å². The highest BCUT2D eigenvalue weighted by Gasteiger charge is 2.15. The normalized spacial score (nSPS) is 11.3. The van der Waals surface area contributed by atoms with E-state index in [9.17, 15) is 17.6 Å². The van der Waals surface area contributed by atoms with Gasteiger partial charge < -0.3 is 5.32 Å². The maximum atomic E-state index is 13.0. The first kappa shape index (κ1) is 18.1. The number of anilines is 1. The number of hydrogen-bond donors (Lipinski definition) is 2. The topological polar surface area (TPSA) is 75.3 Å². The molecule has 0 unspecified atom stereocenters. The van der Waals surface area contributed by atoms with Crippen LogP contribution in [-0.2, 0) is 14.8 Å². The van der Waals surface area contributed by atoms with Crippen LogP contribution in [0.4, 0.5) is 10.1 Å². The van der Waals surface area contributed by atoms with Crippen LogP contribution in [0, 0.1) is 19.7 Å². The van der Waals surface area contributed by atoms with E-state index in [1.54, 1.807) is 18.2 Å². The Morgan fingerprint density at radius 2 is 1.83 bits per heavy atom. The smallest absolute Gasteiger partial charge is 0.240 e. The van der Waals surface area contributed by atoms with Crippen molar-refractivity contribution in [1.82, 2.24) is 4.72 Å². The van der Waals surface area contributed by atoms with Crippen molar-refractivity contribution >= 4 is 21.6 Å². The average molecular weight is 350 g/mol. The van der Waals surface area contributed by atoms with Gasteiger partial charge in [0, 0.05) is 18.7 Å². The number of carbonyl (C=O) groups excluding carboxylic acids is 1. The van der Waals surface area contributed by atoms with Crippen molar-refractivity contribution in [2.45, 2.75) is 25.2 Å². The van der Waals surface area contributed by atoms with Gasteiger partial charge in [0.1, 0.15) is 5.82 Å². The molecule has 0 aliphatic carbocycles. The molecular weight excluding hydrogens is 331 g/mol. The number of rotatable bonds is 6. The first-order chi connectivity index (χ1) is 11.3. The second kappa shape index (κ2) is 7.55. The van der Waals surface area contributed by atoms with Gasteiger partial charge in [-0.3, -0.25) is 4.79 Å². The van der Waals surface area contributed by atoms with Crippen LogP contribution in [-0.4, -0.2) is 20.9 Å². The van der Waals surface area contributed by atoms with E-state index in [0.29, 0.717) is 5.69 Å². The van der Waals surface area contributed by atoms with Gasteiger partial charge in [-0.2, -0.15) is 0 Å². The summed E-state index contributed by atoms with van der Waals surface area (Å²) in [6.07, 6.45) is -0.0550. The molecule has 0 spiro atoms. The molecule has 0 radical (unpaired) electrons. The molecule has 2 aromatic rings. The molecule has 128 valence electrons. The predicted octanol–water partition coefficient (Wildman–Crippen LogP) is 2.75. The first-order valence-corrected chi connectivity index (χ1v) is 8.88. The molecular formula is C17H19FN2O3S. The molecule has 2 N–H and O–H groups in total. The molecule has 1 amide bonds. The van der Waals surface area contributed by atoms with Gasteiger partial charge in [0.05, 0.1) is 4.90 Å². The average Bonchev–Trinajstić information content (AvgIpc) is 2.49. The Kier molecular flexibility index (Phi) is 5.69. The zero-order valence-electron chi connectivity index (χ0n) is 13.5. The van der Waals surface area contributed by atoms with E-state index in [0.717, 1.165) is 11.1 Å². The maximum absolute atomic E-state index is 13.0. The summed E-state index contributed by atoms with van der Waals surface area (Å²) >= 11 is 0. The lowest BCUT2D eigenvalue weighted by Gasteiger charge is -2.09. The van der Waals surface area contributed by atoms with Gasteiger partial charge in [-0.25, -0.2) is 17.5 Å². The second-order valence-electron chi connectivity index (χ2n) is 5.45. The maximum Gasteiger partial charge on any atom is 0.240 e. The van der Waals surface area contributed by atoms with E-state index >= 15 is 0 Å². The number of carbonyl (C=O) groups is 1. The van der Waals surface area contributed by atoms with Gasteiger partial charge in [-0.15, -0.1) is 0 Å². The summed E-state index contributed by atoms with van der Waals surface area (Å²) in [5, 5.41) is 2.51. The molecule has 24 heavy (non-hydrogen) atoms. The summed E-state index contributed by atoms with van der Waals surface area (Å²) in [5.74, 6) is -0.855. The largest absolute Gasteiger partial charge is 0.326 e. The summed E-state index contributed by atoms with van der Waals surface area (Å²) < 4.78 is 39.8. The zero-order valence-corrected chi connectivity index (χ0v) is 14.3. The molecule has 0 fully saturated rings. The fourth-order valence-corrected chi connectivity index (χ4v) is 3.17. The highest BCUT2D eigenvalue weighted by atomic mass is 32.2. The van der Waals surface area contributed by atoms with Crippen LogP contribution in [0.2, 0.25) is 0 Å². The fraction of sp³-hybridized carbons (Fsp3) is 0.235.